The third-order valence-electron chi connectivity index (χ3n) is 5.72. The van der Waals surface area contributed by atoms with Crippen molar-refractivity contribution in [2.45, 2.75) is 39.8 Å². The predicted octanol–water partition coefficient (Wildman–Crippen LogP) is 4.46. The molecule has 0 saturated heterocycles. The largest absolute Gasteiger partial charge is 0.483 e. The fourth-order valence-corrected chi connectivity index (χ4v) is 3.73. The van der Waals surface area contributed by atoms with Crippen molar-refractivity contribution in [3.8, 4) is 5.75 Å². The summed E-state index contributed by atoms with van der Waals surface area (Å²) in [7, 11) is 0. The highest BCUT2D eigenvalue weighted by atomic mass is 16.5. The first-order chi connectivity index (χ1) is 16.0. The van der Waals surface area contributed by atoms with E-state index in [0.29, 0.717) is 25.3 Å². The molecule has 0 bridgehead atoms. The maximum Gasteiger partial charge on any atom is 0.261 e. The normalized spacial score (nSPS) is 11.5. The first-order valence-corrected chi connectivity index (χ1v) is 11.3. The summed E-state index contributed by atoms with van der Waals surface area (Å²) in [6.07, 6.45) is 0.425. The van der Waals surface area contributed by atoms with E-state index in [0.717, 1.165) is 22.3 Å². The number of benzene rings is 3. The molecule has 0 aliphatic heterocycles. The van der Waals surface area contributed by atoms with Gasteiger partial charge in [0.25, 0.3) is 5.91 Å². The molecule has 0 radical (unpaired) electrons. The summed E-state index contributed by atoms with van der Waals surface area (Å²) >= 11 is 0. The number of hydrogen-bond donors (Lipinski definition) is 1. The number of hydrogen-bond acceptors (Lipinski definition) is 3. The molecule has 3 rings (SSSR count). The molecule has 3 aromatic rings. The number of rotatable bonds is 10. The van der Waals surface area contributed by atoms with Crippen LogP contribution in [0.15, 0.2) is 78.9 Å². The fraction of sp³-hybridized carbons (Fsp3) is 0.286. The van der Waals surface area contributed by atoms with Crippen LogP contribution in [0.3, 0.4) is 0 Å². The second-order valence-electron chi connectivity index (χ2n) is 8.09. The van der Waals surface area contributed by atoms with Gasteiger partial charge >= 0.3 is 0 Å². The maximum atomic E-state index is 13.5. The molecule has 0 saturated carbocycles. The van der Waals surface area contributed by atoms with E-state index in [1.54, 1.807) is 4.90 Å². The Kier molecular flexibility index (Phi) is 8.64. The van der Waals surface area contributed by atoms with Crippen LogP contribution in [0.1, 0.15) is 29.2 Å². The molecule has 3 aromatic carbocycles. The Morgan fingerprint density at radius 2 is 1.52 bits per heavy atom. The molecule has 0 unspecified atom stereocenters. The van der Waals surface area contributed by atoms with Crippen LogP contribution < -0.4 is 10.1 Å². The molecular weight excluding hydrogens is 412 g/mol. The zero-order valence-electron chi connectivity index (χ0n) is 19.6. The van der Waals surface area contributed by atoms with Crippen LogP contribution in [0, 0.1) is 13.8 Å². The Morgan fingerprint density at radius 1 is 0.879 bits per heavy atom. The Morgan fingerprint density at radius 3 is 2.15 bits per heavy atom. The molecule has 33 heavy (non-hydrogen) atoms. The lowest BCUT2D eigenvalue weighted by atomic mass is 10.0. The minimum absolute atomic E-state index is 0.137. The van der Waals surface area contributed by atoms with Crippen molar-refractivity contribution < 1.29 is 14.3 Å². The summed E-state index contributed by atoms with van der Waals surface area (Å²) in [4.78, 5) is 28.2. The molecule has 0 aliphatic carbocycles. The van der Waals surface area contributed by atoms with Gasteiger partial charge < -0.3 is 15.0 Å². The zero-order chi connectivity index (χ0) is 23.6. The zero-order valence-corrected chi connectivity index (χ0v) is 19.6. The Labute approximate surface area is 196 Å². The summed E-state index contributed by atoms with van der Waals surface area (Å²) in [5.41, 5.74) is 4.06. The summed E-state index contributed by atoms with van der Waals surface area (Å²) < 4.78 is 5.92. The summed E-state index contributed by atoms with van der Waals surface area (Å²) in [6.45, 7) is 6.55. The average molecular weight is 445 g/mol. The SMILES string of the molecule is CCNC(=O)[C@H](Cc1ccccc1)N(Cc1ccccc1)C(=O)COc1cccc(C)c1C. The third-order valence-corrected chi connectivity index (χ3v) is 5.72. The quantitative estimate of drug-likeness (QED) is 0.502. The van der Waals surface area contributed by atoms with Crippen LogP contribution >= 0.6 is 0 Å². The average Bonchev–Trinajstić information content (AvgIpc) is 2.83. The van der Waals surface area contributed by atoms with Crippen molar-refractivity contribution in [1.29, 1.82) is 0 Å². The Hall–Kier alpha value is -3.60. The predicted molar refractivity (Wildman–Crippen MR) is 131 cm³/mol. The summed E-state index contributed by atoms with van der Waals surface area (Å²) in [5.74, 6) is 0.282. The number of ether oxygens (including phenoxy) is 1. The molecule has 0 fully saturated rings. The molecule has 0 spiro atoms. The number of aryl methyl sites for hydroxylation is 1. The van der Waals surface area contributed by atoms with Gasteiger partial charge in [0.2, 0.25) is 5.91 Å². The molecule has 1 atom stereocenters. The van der Waals surface area contributed by atoms with Crippen LogP contribution in [-0.4, -0.2) is 35.9 Å². The molecule has 172 valence electrons. The van der Waals surface area contributed by atoms with E-state index in [1.807, 2.05) is 99.6 Å². The lowest BCUT2D eigenvalue weighted by Gasteiger charge is -2.31. The Bertz CT molecular complexity index is 1050. The molecule has 5 nitrogen and oxygen atoms in total. The minimum Gasteiger partial charge on any atom is -0.483 e. The molecule has 0 heterocycles. The van der Waals surface area contributed by atoms with E-state index in [1.165, 1.54) is 0 Å². The highest BCUT2D eigenvalue weighted by molar-refractivity contribution is 5.88. The van der Waals surface area contributed by atoms with Crippen molar-refractivity contribution in [3.05, 3.63) is 101 Å². The topological polar surface area (TPSA) is 58.6 Å². The van der Waals surface area contributed by atoms with Crippen molar-refractivity contribution >= 4 is 11.8 Å². The number of amides is 2. The van der Waals surface area contributed by atoms with Gasteiger partial charge in [0.05, 0.1) is 0 Å². The van der Waals surface area contributed by atoms with Gasteiger partial charge in [0.15, 0.2) is 6.61 Å². The smallest absolute Gasteiger partial charge is 0.261 e. The Balaban J connectivity index is 1.88. The van der Waals surface area contributed by atoms with E-state index >= 15 is 0 Å². The van der Waals surface area contributed by atoms with Gasteiger partial charge in [-0.15, -0.1) is 0 Å². The van der Waals surface area contributed by atoms with Crippen LogP contribution in [0.5, 0.6) is 5.75 Å². The standard InChI is InChI=1S/C28H32N2O3/c1-4-29-28(32)25(18-23-13-7-5-8-14-23)30(19-24-15-9-6-10-16-24)27(31)20-33-26-17-11-12-21(2)22(26)3/h5-17,25H,4,18-20H2,1-3H3,(H,29,32)/t25-/m0/s1. The first kappa shape index (κ1) is 24.1. The van der Waals surface area contributed by atoms with E-state index in [4.69, 9.17) is 4.74 Å². The van der Waals surface area contributed by atoms with Crippen molar-refractivity contribution in [2.24, 2.45) is 0 Å². The van der Waals surface area contributed by atoms with E-state index < -0.39 is 6.04 Å². The number of nitrogens with one attached hydrogen (secondary N) is 1. The first-order valence-electron chi connectivity index (χ1n) is 11.3. The molecule has 0 aromatic heterocycles. The monoisotopic (exact) mass is 444 g/mol. The van der Waals surface area contributed by atoms with Gasteiger partial charge in [-0.1, -0.05) is 72.8 Å². The van der Waals surface area contributed by atoms with Crippen LogP contribution in [0.25, 0.3) is 0 Å². The van der Waals surface area contributed by atoms with Gasteiger partial charge in [-0.3, -0.25) is 9.59 Å². The number of carbonyl (C=O) groups is 2. The lowest BCUT2D eigenvalue weighted by molar-refractivity contribution is -0.142. The summed E-state index contributed by atoms with van der Waals surface area (Å²) in [5, 5.41) is 2.90. The third kappa shape index (κ3) is 6.69. The van der Waals surface area contributed by atoms with Crippen molar-refractivity contribution in [2.75, 3.05) is 13.2 Å². The highest BCUT2D eigenvalue weighted by Gasteiger charge is 2.30. The molecule has 2 amide bonds. The second kappa shape index (κ2) is 11.9. The number of nitrogens with zero attached hydrogens (tertiary/aromatic N) is 1. The second-order valence-corrected chi connectivity index (χ2v) is 8.09. The van der Waals surface area contributed by atoms with E-state index in [-0.39, 0.29) is 18.4 Å². The van der Waals surface area contributed by atoms with E-state index in [2.05, 4.69) is 5.32 Å². The number of likely N-dealkylation sites (N-methyl/N-ethyl adjacent to an activating group) is 1. The van der Waals surface area contributed by atoms with Gasteiger partial charge in [-0.05, 0) is 49.1 Å². The molecule has 5 heteroatoms. The van der Waals surface area contributed by atoms with Crippen molar-refractivity contribution in [3.63, 3.8) is 0 Å². The van der Waals surface area contributed by atoms with E-state index in [9.17, 15) is 9.59 Å². The van der Waals surface area contributed by atoms with Gasteiger partial charge in [0, 0.05) is 19.5 Å². The van der Waals surface area contributed by atoms with Gasteiger partial charge in [-0.2, -0.15) is 0 Å². The molecular formula is C28H32N2O3. The highest BCUT2D eigenvalue weighted by Crippen LogP contribution is 2.21. The fourth-order valence-electron chi connectivity index (χ4n) is 3.73. The maximum absolute atomic E-state index is 13.5. The van der Waals surface area contributed by atoms with Crippen LogP contribution in [0.4, 0.5) is 0 Å². The van der Waals surface area contributed by atoms with Crippen molar-refractivity contribution in [1.82, 2.24) is 10.2 Å². The molecule has 1 N–H and O–H groups in total. The van der Waals surface area contributed by atoms with Crippen LogP contribution in [0.2, 0.25) is 0 Å². The van der Waals surface area contributed by atoms with Gasteiger partial charge in [-0.25, -0.2) is 0 Å². The molecule has 0 aliphatic rings. The summed E-state index contributed by atoms with van der Waals surface area (Å²) in [6, 6.07) is 24.6. The minimum atomic E-state index is -0.651. The number of carbonyl (C=O) groups excluding carboxylic acids is 2. The van der Waals surface area contributed by atoms with Crippen LogP contribution in [-0.2, 0) is 22.6 Å². The van der Waals surface area contributed by atoms with Gasteiger partial charge in [0.1, 0.15) is 11.8 Å². The lowest BCUT2D eigenvalue weighted by Crippen LogP contribution is -2.51.